The molecule has 1 aliphatic carbocycles. The number of rotatable bonds is 8. The Balaban J connectivity index is 1.28. The van der Waals surface area contributed by atoms with E-state index in [0.29, 0.717) is 16.5 Å². The molecule has 252 valence electrons. The van der Waals surface area contributed by atoms with E-state index in [0.717, 1.165) is 80.8 Å². The van der Waals surface area contributed by atoms with Gasteiger partial charge in [-0.1, -0.05) is 37.1 Å². The highest BCUT2D eigenvalue weighted by Crippen LogP contribution is 2.45. The van der Waals surface area contributed by atoms with E-state index in [4.69, 9.17) is 26.4 Å². The summed E-state index contributed by atoms with van der Waals surface area (Å²) in [5.74, 6) is 1.16. The van der Waals surface area contributed by atoms with E-state index in [1.807, 2.05) is 69.8 Å². The van der Waals surface area contributed by atoms with Gasteiger partial charge in [-0.2, -0.15) is 5.10 Å². The number of hydrogen-bond acceptors (Lipinski definition) is 6. The van der Waals surface area contributed by atoms with Crippen molar-refractivity contribution in [3.63, 3.8) is 0 Å². The molecule has 48 heavy (non-hydrogen) atoms. The van der Waals surface area contributed by atoms with Gasteiger partial charge in [-0.15, -0.1) is 11.3 Å². The Morgan fingerprint density at radius 3 is 2.40 bits per heavy atom. The minimum atomic E-state index is -1.15. The molecule has 1 N–H and O–H groups in total. The number of ether oxygens (including phenoxy) is 1. The summed E-state index contributed by atoms with van der Waals surface area (Å²) in [6.45, 7) is 13.5. The second-order valence-electron chi connectivity index (χ2n) is 14.9. The Hall–Kier alpha value is -3.30. The zero-order valence-electron chi connectivity index (χ0n) is 28.7. The Kier molecular flexibility index (Phi) is 8.90. The second kappa shape index (κ2) is 12.9. The van der Waals surface area contributed by atoms with Crippen molar-refractivity contribution in [1.29, 1.82) is 0 Å². The molecule has 5 aromatic rings. The van der Waals surface area contributed by atoms with Gasteiger partial charge < -0.3 is 14.7 Å². The van der Waals surface area contributed by atoms with Gasteiger partial charge in [0.15, 0.2) is 6.10 Å². The van der Waals surface area contributed by atoms with Crippen molar-refractivity contribution in [2.75, 3.05) is 19.6 Å². The molecule has 7 rings (SSSR count). The summed E-state index contributed by atoms with van der Waals surface area (Å²) in [6.07, 6.45) is 3.88. The van der Waals surface area contributed by atoms with E-state index in [1.165, 1.54) is 30.5 Å². The fourth-order valence-corrected chi connectivity index (χ4v) is 8.86. The van der Waals surface area contributed by atoms with Gasteiger partial charge in [0.05, 0.1) is 27.0 Å². The van der Waals surface area contributed by atoms with Crippen LogP contribution in [-0.2, 0) is 16.6 Å². The lowest BCUT2D eigenvalue weighted by atomic mass is 9.74. The van der Waals surface area contributed by atoms with Crippen molar-refractivity contribution in [2.45, 2.75) is 77.9 Å². The number of halogens is 1. The summed E-state index contributed by atoms with van der Waals surface area (Å²) in [7, 11) is 2.04. The fourth-order valence-electron chi connectivity index (χ4n) is 7.62. The average molecular weight is 685 g/mol. The monoisotopic (exact) mass is 684 g/mol. The number of hydrogen-bond donors (Lipinski definition) is 1. The predicted octanol–water partition coefficient (Wildman–Crippen LogP) is 9.65. The summed E-state index contributed by atoms with van der Waals surface area (Å²) < 4.78 is 9.14. The number of thiazole rings is 1. The molecule has 1 saturated carbocycles. The highest BCUT2D eigenvalue weighted by Gasteiger charge is 2.33. The van der Waals surface area contributed by atoms with E-state index in [2.05, 4.69) is 30.0 Å². The molecule has 1 saturated heterocycles. The summed E-state index contributed by atoms with van der Waals surface area (Å²) in [6, 6.07) is 16.1. The van der Waals surface area contributed by atoms with Gasteiger partial charge in [0.1, 0.15) is 5.01 Å². The smallest absolute Gasteiger partial charge is 0.337 e. The SMILES string of the molecule is Cc1cc2nc(-c3ccc4c(c3)c(C3CCN(C[C@@H]5CCC5C)CC3)nn4C)sc2c(-c2ccc(Cl)cc2)c1[C@H](OC(C)(C)C)C(=O)O. The molecule has 0 spiro atoms. The molecule has 2 aromatic heterocycles. The molecule has 0 radical (unpaired) electrons. The third kappa shape index (κ3) is 6.40. The van der Waals surface area contributed by atoms with Crippen LogP contribution in [-0.4, -0.2) is 56.0 Å². The molecule has 3 aromatic carbocycles. The van der Waals surface area contributed by atoms with Crippen LogP contribution < -0.4 is 0 Å². The van der Waals surface area contributed by atoms with Gasteiger partial charge in [-0.25, -0.2) is 9.78 Å². The zero-order valence-corrected chi connectivity index (χ0v) is 30.3. The predicted molar refractivity (Wildman–Crippen MR) is 196 cm³/mol. The molecular formula is C39H45ClN4O3S. The molecule has 0 bridgehead atoms. The number of aryl methyl sites for hydroxylation is 2. The molecule has 2 fully saturated rings. The maximum atomic E-state index is 12.7. The van der Waals surface area contributed by atoms with Crippen LogP contribution in [0, 0.1) is 18.8 Å². The van der Waals surface area contributed by atoms with Crippen LogP contribution >= 0.6 is 22.9 Å². The summed E-state index contributed by atoms with van der Waals surface area (Å²) in [5, 5.41) is 18.2. The molecule has 9 heteroatoms. The Bertz CT molecular complexity index is 1980. The Morgan fingerprint density at radius 1 is 1.06 bits per heavy atom. The van der Waals surface area contributed by atoms with Crippen LogP contribution in [0.1, 0.15) is 82.2 Å². The molecule has 0 amide bonds. The van der Waals surface area contributed by atoms with Crippen molar-refractivity contribution >= 4 is 50.0 Å². The molecular weight excluding hydrogens is 640 g/mol. The van der Waals surface area contributed by atoms with Crippen LogP contribution in [0.25, 0.3) is 42.8 Å². The van der Waals surface area contributed by atoms with Crippen LogP contribution in [0.2, 0.25) is 5.02 Å². The fraction of sp³-hybridized carbons (Fsp3) is 0.462. The first-order valence-corrected chi connectivity index (χ1v) is 18.4. The number of piperidine rings is 1. The van der Waals surface area contributed by atoms with E-state index in [1.54, 1.807) is 11.3 Å². The van der Waals surface area contributed by atoms with Crippen molar-refractivity contribution in [3.8, 4) is 21.7 Å². The van der Waals surface area contributed by atoms with Crippen molar-refractivity contribution in [1.82, 2.24) is 19.7 Å². The number of carboxylic acid groups (broad SMARTS) is 1. The first kappa shape index (κ1) is 33.2. The van der Waals surface area contributed by atoms with Gasteiger partial charge in [0, 0.05) is 46.6 Å². The van der Waals surface area contributed by atoms with Gasteiger partial charge in [0.25, 0.3) is 0 Å². The minimum absolute atomic E-state index is 0.437. The molecule has 1 unspecified atom stereocenters. The van der Waals surface area contributed by atoms with Crippen LogP contribution in [0.15, 0.2) is 48.5 Å². The third-order valence-corrected chi connectivity index (χ3v) is 11.8. The number of carboxylic acids is 1. The second-order valence-corrected chi connectivity index (χ2v) is 16.4. The number of aliphatic carboxylic acids is 1. The Morgan fingerprint density at radius 2 is 1.77 bits per heavy atom. The quantitative estimate of drug-likeness (QED) is 0.175. The highest BCUT2D eigenvalue weighted by atomic mass is 35.5. The van der Waals surface area contributed by atoms with Crippen molar-refractivity contribution < 1.29 is 14.6 Å². The zero-order chi connectivity index (χ0) is 33.9. The van der Waals surface area contributed by atoms with Gasteiger partial charge >= 0.3 is 5.97 Å². The number of likely N-dealkylation sites (tertiary alicyclic amines) is 1. The normalized spacial score (nSPS) is 20.0. The van der Waals surface area contributed by atoms with Gasteiger partial charge in [-0.05, 0) is 119 Å². The number of benzene rings is 3. The number of nitrogens with zero attached hydrogens (tertiary/aromatic N) is 4. The lowest BCUT2D eigenvalue weighted by molar-refractivity contribution is -0.160. The lowest BCUT2D eigenvalue weighted by Gasteiger charge is -2.40. The average Bonchev–Trinajstić information content (AvgIpc) is 3.62. The van der Waals surface area contributed by atoms with Gasteiger partial charge in [0.2, 0.25) is 0 Å². The number of aromatic nitrogens is 3. The topological polar surface area (TPSA) is 80.5 Å². The lowest BCUT2D eigenvalue weighted by Crippen LogP contribution is -2.41. The summed E-state index contributed by atoms with van der Waals surface area (Å²) in [4.78, 5) is 20.6. The third-order valence-electron chi connectivity index (χ3n) is 10.4. The summed E-state index contributed by atoms with van der Waals surface area (Å²) in [5.41, 5.74) is 6.70. The highest BCUT2D eigenvalue weighted by molar-refractivity contribution is 7.22. The minimum Gasteiger partial charge on any atom is -0.479 e. The maximum Gasteiger partial charge on any atom is 0.337 e. The van der Waals surface area contributed by atoms with Crippen LogP contribution in [0.4, 0.5) is 0 Å². The van der Waals surface area contributed by atoms with Crippen LogP contribution in [0.5, 0.6) is 0 Å². The molecule has 2 aliphatic rings. The standard InChI is InChI=1S/C39H45ClN4O3S/c1-22-7-8-27(22)21-44-17-15-25(16-18-44)34-29-20-26(11-14-31(29)43(6)42-34)37-41-30-19-23(2)32(35(38(45)46)47-39(3,4)5)33(36(30)48-37)24-9-12-28(40)13-10-24/h9-14,19-20,22,25,27,35H,7-8,15-18,21H2,1-6H3,(H,45,46)/t22?,27-,35-/m0/s1. The molecule has 1 aliphatic heterocycles. The van der Waals surface area contributed by atoms with Crippen LogP contribution in [0.3, 0.4) is 0 Å². The van der Waals surface area contributed by atoms with E-state index >= 15 is 0 Å². The van der Waals surface area contributed by atoms with Gasteiger partial charge in [-0.3, -0.25) is 4.68 Å². The first-order chi connectivity index (χ1) is 22.9. The largest absolute Gasteiger partial charge is 0.479 e. The first-order valence-electron chi connectivity index (χ1n) is 17.2. The number of carbonyl (C=O) groups is 1. The summed E-state index contributed by atoms with van der Waals surface area (Å²) >= 11 is 7.88. The molecule has 3 atom stereocenters. The Labute approximate surface area is 291 Å². The van der Waals surface area contributed by atoms with E-state index < -0.39 is 17.7 Å². The van der Waals surface area contributed by atoms with E-state index in [9.17, 15) is 9.90 Å². The van der Waals surface area contributed by atoms with Crippen molar-refractivity contribution in [2.24, 2.45) is 18.9 Å². The maximum absolute atomic E-state index is 12.7. The van der Waals surface area contributed by atoms with E-state index in [-0.39, 0.29) is 0 Å². The number of fused-ring (bicyclic) bond motifs is 2. The van der Waals surface area contributed by atoms with Crippen molar-refractivity contribution in [3.05, 3.63) is 70.4 Å². The molecule has 7 nitrogen and oxygen atoms in total. The molecule has 3 heterocycles.